The Morgan fingerprint density at radius 3 is 2.50 bits per heavy atom. The second kappa shape index (κ2) is 6.96. The predicted molar refractivity (Wildman–Crippen MR) is 99.4 cm³/mol. The molecule has 8 heteroatoms. The van der Waals surface area contributed by atoms with Gasteiger partial charge in [-0.25, -0.2) is 14.4 Å². The molecule has 7 nitrogen and oxygen atoms in total. The second-order valence-electron chi connectivity index (χ2n) is 5.85. The first kappa shape index (κ1) is 17.4. The number of pyridine rings is 1. The van der Waals surface area contributed by atoms with Gasteiger partial charge >= 0.3 is 6.01 Å². The van der Waals surface area contributed by atoms with Crippen molar-refractivity contribution in [3.8, 4) is 40.3 Å². The molecule has 0 aliphatic heterocycles. The Hall–Kier alpha value is -3.99. The Morgan fingerprint density at radius 1 is 1.07 bits per heavy atom. The van der Waals surface area contributed by atoms with E-state index in [0.717, 1.165) is 5.56 Å². The number of methoxy groups -OCH3 is 2. The Labute approximate surface area is 159 Å². The van der Waals surface area contributed by atoms with Crippen molar-refractivity contribution in [1.29, 1.82) is 5.26 Å². The third-order valence-electron chi connectivity index (χ3n) is 4.27. The second-order valence-corrected chi connectivity index (χ2v) is 5.85. The molecule has 0 saturated heterocycles. The minimum absolute atomic E-state index is 0.0930. The Balaban J connectivity index is 2.04. The monoisotopic (exact) mass is 375 g/mol. The lowest BCUT2D eigenvalue weighted by Gasteiger charge is -2.14. The van der Waals surface area contributed by atoms with Crippen molar-refractivity contribution in [2.75, 3.05) is 14.2 Å². The number of fused-ring (bicyclic) bond motifs is 1. The van der Waals surface area contributed by atoms with Crippen LogP contribution < -0.4 is 9.47 Å². The topological polar surface area (TPSA) is 85.3 Å². The van der Waals surface area contributed by atoms with Crippen molar-refractivity contribution < 1.29 is 13.9 Å². The van der Waals surface area contributed by atoms with E-state index in [2.05, 4.69) is 21.0 Å². The van der Waals surface area contributed by atoms with Crippen LogP contribution in [0.4, 0.5) is 4.39 Å². The molecule has 0 amide bonds. The van der Waals surface area contributed by atoms with E-state index >= 15 is 0 Å². The average Bonchev–Trinajstić information content (AvgIpc) is 3.22. The SMILES string of the molecule is COc1ncc(-c2c(-c3ccc(C#N)cc3)nc(OC)n3ccnc23)cc1F. The van der Waals surface area contributed by atoms with Crippen molar-refractivity contribution in [3.05, 3.63) is 60.3 Å². The minimum atomic E-state index is -0.591. The number of nitrogens with zero attached hydrogens (tertiary/aromatic N) is 5. The van der Waals surface area contributed by atoms with Gasteiger partial charge in [0.1, 0.15) is 0 Å². The third-order valence-corrected chi connectivity index (χ3v) is 4.27. The zero-order chi connectivity index (χ0) is 19.7. The van der Waals surface area contributed by atoms with Crippen LogP contribution in [0, 0.1) is 17.1 Å². The molecule has 3 heterocycles. The smallest absolute Gasteiger partial charge is 0.302 e. The molecule has 28 heavy (non-hydrogen) atoms. The molecule has 0 bridgehead atoms. The van der Waals surface area contributed by atoms with Crippen LogP contribution in [0.25, 0.3) is 28.0 Å². The zero-order valence-corrected chi connectivity index (χ0v) is 15.0. The minimum Gasteiger partial charge on any atom is -0.479 e. The first-order chi connectivity index (χ1) is 13.7. The molecule has 138 valence electrons. The average molecular weight is 375 g/mol. The van der Waals surface area contributed by atoms with Crippen LogP contribution in [0.3, 0.4) is 0 Å². The van der Waals surface area contributed by atoms with Crippen molar-refractivity contribution in [2.45, 2.75) is 0 Å². The number of aromatic nitrogens is 4. The fraction of sp³-hybridized carbons (Fsp3) is 0.100. The van der Waals surface area contributed by atoms with Crippen molar-refractivity contribution in [3.63, 3.8) is 0 Å². The first-order valence-electron chi connectivity index (χ1n) is 8.27. The largest absolute Gasteiger partial charge is 0.479 e. The van der Waals surface area contributed by atoms with E-state index in [1.807, 2.05) is 0 Å². The van der Waals surface area contributed by atoms with Gasteiger partial charge in [0.25, 0.3) is 0 Å². The van der Waals surface area contributed by atoms with Crippen LogP contribution in [-0.2, 0) is 0 Å². The maximum Gasteiger partial charge on any atom is 0.302 e. The quantitative estimate of drug-likeness (QED) is 0.543. The van der Waals surface area contributed by atoms with E-state index in [1.54, 1.807) is 41.1 Å². The number of halogens is 1. The maximum atomic E-state index is 14.3. The van der Waals surface area contributed by atoms with Gasteiger partial charge in [0, 0.05) is 29.7 Å². The van der Waals surface area contributed by atoms with Crippen molar-refractivity contribution >= 4 is 5.65 Å². The summed E-state index contributed by atoms with van der Waals surface area (Å²) < 4.78 is 26.3. The summed E-state index contributed by atoms with van der Waals surface area (Å²) in [5, 5.41) is 9.05. The Bertz CT molecular complexity index is 1210. The fourth-order valence-corrected chi connectivity index (χ4v) is 2.99. The van der Waals surface area contributed by atoms with Crippen LogP contribution in [0.15, 0.2) is 48.9 Å². The molecule has 0 saturated carbocycles. The van der Waals surface area contributed by atoms with E-state index < -0.39 is 5.82 Å². The van der Waals surface area contributed by atoms with Gasteiger partial charge in [-0.3, -0.25) is 4.40 Å². The summed E-state index contributed by atoms with van der Waals surface area (Å²) in [5.74, 6) is -0.684. The highest BCUT2D eigenvalue weighted by Crippen LogP contribution is 2.36. The number of imidazole rings is 1. The normalized spacial score (nSPS) is 10.6. The third kappa shape index (κ3) is 2.79. The summed E-state index contributed by atoms with van der Waals surface area (Å²) in [5.41, 5.74) is 3.41. The molecule has 0 unspecified atom stereocenters. The Morgan fingerprint density at radius 2 is 1.86 bits per heavy atom. The number of ether oxygens (including phenoxy) is 2. The van der Waals surface area contributed by atoms with Gasteiger partial charge in [-0.2, -0.15) is 10.2 Å². The molecule has 0 atom stereocenters. The number of hydrogen-bond acceptors (Lipinski definition) is 6. The molecule has 1 aromatic carbocycles. The van der Waals surface area contributed by atoms with Crippen LogP contribution in [0.2, 0.25) is 0 Å². The summed E-state index contributed by atoms with van der Waals surface area (Å²) in [4.78, 5) is 13.0. The summed E-state index contributed by atoms with van der Waals surface area (Å²) >= 11 is 0. The first-order valence-corrected chi connectivity index (χ1v) is 8.27. The van der Waals surface area contributed by atoms with E-state index in [-0.39, 0.29) is 5.88 Å². The summed E-state index contributed by atoms with van der Waals surface area (Å²) in [6.07, 6.45) is 4.83. The van der Waals surface area contributed by atoms with E-state index in [0.29, 0.717) is 34.0 Å². The van der Waals surface area contributed by atoms with E-state index in [4.69, 9.17) is 14.7 Å². The predicted octanol–water partition coefficient (Wildman–Crippen LogP) is 3.49. The van der Waals surface area contributed by atoms with Gasteiger partial charge in [-0.1, -0.05) is 12.1 Å². The van der Waals surface area contributed by atoms with E-state index in [9.17, 15) is 4.39 Å². The molecule has 0 N–H and O–H groups in total. The number of benzene rings is 1. The van der Waals surface area contributed by atoms with Crippen LogP contribution in [0.1, 0.15) is 5.56 Å². The van der Waals surface area contributed by atoms with E-state index in [1.165, 1.54) is 26.5 Å². The zero-order valence-electron chi connectivity index (χ0n) is 15.0. The molecule has 0 fully saturated rings. The van der Waals surface area contributed by atoms with Crippen molar-refractivity contribution in [1.82, 2.24) is 19.4 Å². The lowest BCUT2D eigenvalue weighted by molar-refractivity contribution is 0.369. The van der Waals surface area contributed by atoms with Gasteiger partial charge in [-0.05, 0) is 18.2 Å². The Kier molecular flexibility index (Phi) is 4.33. The van der Waals surface area contributed by atoms with Gasteiger partial charge in [-0.15, -0.1) is 0 Å². The molecule has 4 rings (SSSR count). The number of hydrogen-bond donors (Lipinski definition) is 0. The molecule has 0 radical (unpaired) electrons. The number of nitriles is 1. The molecule has 0 aliphatic rings. The lowest BCUT2D eigenvalue weighted by Crippen LogP contribution is -2.03. The van der Waals surface area contributed by atoms with Gasteiger partial charge < -0.3 is 9.47 Å². The molecule has 3 aromatic heterocycles. The summed E-state index contributed by atoms with van der Waals surface area (Å²) in [6.45, 7) is 0. The van der Waals surface area contributed by atoms with Crippen LogP contribution in [-0.4, -0.2) is 33.6 Å². The van der Waals surface area contributed by atoms with Crippen molar-refractivity contribution in [2.24, 2.45) is 0 Å². The molecule has 0 aliphatic carbocycles. The highest BCUT2D eigenvalue weighted by atomic mass is 19.1. The van der Waals surface area contributed by atoms with Crippen LogP contribution >= 0.6 is 0 Å². The highest BCUT2D eigenvalue weighted by molar-refractivity contribution is 5.90. The van der Waals surface area contributed by atoms with Gasteiger partial charge in [0.2, 0.25) is 5.88 Å². The van der Waals surface area contributed by atoms with Gasteiger partial charge in [0.05, 0.1) is 37.1 Å². The van der Waals surface area contributed by atoms with Crippen LogP contribution in [0.5, 0.6) is 11.9 Å². The highest BCUT2D eigenvalue weighted by Gasteiger charge is 2.20. The fourth-order valence-electron chi connectivity index (χ4n) is 2.99. The number of rotatable bonds is 4. The molecular weight excluding hydrogens is 361 g/mol. The molecule has 0 spiro atoms. The summed E-state index contributed by atoms with van der Waals surface area (Å²) in [6, 6.07) is 10.7. The van der Waals surface area contributed by atoms with Gasteiger partial charge in [0.15, 0.2) is 11.5 Å². The standard InChI is InChI=1S/C20H14FN5O2/c1-27-19-15(21)9-14(11-24-19)16-17(13-5-3-12(10-22)4-6-13)25-20(28-2)26-8-7-23-18(16)26/h3-9,11H,1-2H3. The lowest BCUT2D eigenvalue weighted by atomic mass is 10.0. The molecule has 4 aromatic rings. The maximum absolute atomic E-state index is 14.3. The molecular formula is C20H14FN5O2. The summed E-state index contributed by atoms with van der Waals surface area (Å²) in [7, 11) is 2.87.